The topological polar surface area (TPSA) is 62.4 Å². The molecule has 0 amide bonds. The van der Waals surface area contributed by atoms with Crippen LogP contribution in [0.3, 0.4) is 0 Å². The highest BCUT2D eigenvalue weighted by molar-refractivity contribution is 5.93. The lowest BCUT2D eigenvalue weighted by atomic mass is 10.0. The molecule has 0 bridgehead atoms. The molecule has 18 heavy (non-hydrogen) atoms. The Labute approximate surface area is 110 Å². The van der Waals surface area contributed by atoms with Crippen molar-refractivity contribution in [2.45, 2.75) is 39.7 Å². The zero-order valence-corrected chi connectivity index (χ0v) is 11.5. The van der Waals surface area contributed by atoms with Crippen LogP contribution in [0.1, 0.15) is 33.6 Å². The second kappa shape index (κ2) is 7.71. The van der Waals surface area contributed by atoms with Gasteiger partial charge in [-0.15, -0.1) is 0 Å². The minimum atomic E-state index is 0.252. The Morgan fingerprint density at radius 2 is 1.94 bits per heavy atom. The summed E-state index contributed by atoms with van der Waals surface area (Å²) < 4.78 is 0. The van der Waals surface area contributed by atoms with Gasteiger partial charge in [0.05, 0.1) is 6.04 Å². The Hall–Kier alpha value is -1.55. The van der Waals surface area contributed by atoms with Gasteiger partial charge in [-0.2, -0.15) is 0 Å². The molecule has 1 aromatic rings. The third-order valence-electron chi connectivity index (χ3n) is 2.96. The molecule has 0 radical (unpaired) electrons. The smallest absolute Gasteiger partial charge is 0.210 e. The lowest BCUT2D eigenvalue weighted by molar-refractivity contribution is 0.470. The molecule has 0 aromatic heterocycles. The van der Waals surface area contributed by atoms with Crippen LogP contribution in [-0.2, 0) is 0 Å². The molecular formula is C14H24N4. The molecule has 0 saturated heterocycles. The summed E-state index contributed by atoms with van der Waals surface area (Å²) in [6.07, 6.45) is 2.25. The van der Waals surface area contributed by atoms with Gasteiger partial charge in [0.1, 0.15) is 0 Å². The van der Waals surface area contributed by atoms with E-state index in [4.69, 9.17) is 5.84 Å². The maximum atomic E-state index is 5.49. The van der Waals surface area contributed by atoms with Crippen LogP contribution in [0.5, 0.6) is 0 Å². The highest BCUT2D eigenvalue weighted by Crippen LogP contribution is 2.12. The zero-order chi connectivity index (χ0) is 13.4. The molecule has 0 heterocycles. The first-order chi connectivity index (χ1) is 8.65. The van der Waals surface area contributed by atoms with E-state index in [1.807, 2.05) is 30.3 Å². The number of hydrogen-bond acceptors (Lipinski definition) is 2. The second-order valence-electron chi connectivity index (χ2n) is 4.71. The predicted molar refractivity (Wildman–Crippen MR) is 78.4 cm³/mol. The minimum absolute atomic E-state index is 0.252. The van der Waals surface area contributed by atoms with Gasteiger partial charge in [0.25, 0.3) is 0 Å². The van der Waals surface area contributed by atoms with Crippen molar-refractivity contribution in [1.82, 2.24) is 5.43 Å². The molecule has 100 valence electrons. The summed E-state index contributed by atoms with van der Waals surface area (Å²) in [7, 11) is 0. The molecular weight excluding hydrogens is 224 g/mol. The molecule has 0 saturated carbocycles. The van der Waals surface area contributed by atoms with Crippen molar-refractivity contribution < 1.29 is 0 Å². The summed E-state index contributed by atoms with van der Waals surface area (Å²) in [6.45, 7) is 6.55. The van der Waals surface area contributed by atoms with Crippen LogP contribution in [0.25, 0.3) is 0 Å². The average molecular weight is 248 g/mol. The van der Waals surface area contributed by atoms with Crippen LogP contribution >= 0.6 is 0 Å². The van der Waals surface area contributed by atoms with E-state index < -0.39 is 0 Å². The van der Waals surface area contributed by atoms with Crippen molar-refractivity contribution in [2.24, 2.45) is 16.8 Å². The summed E-state index contributed by atoms with van der Waals surface area (Å²) in [5, 5.41) is 3.16. The van der Waals surface area contributed by atoms with Crippen molar-refractivity contribution in [3.05, 3.63) is 30.3 Å². The van der Waals surface area contributed by atoms with Gasteiger partial charge in [-0.05, 0) is 31.4 Å². The highest BCUT2D eigenvalue weighted by atomic mass is 15.3. The molecule has 2 atom stereocenters. The summed E-state index contributed by atoms with van der Waals surface area (Å²) in [6, 6.07) is 10.1. The highest BCUT2D eigenvalue weighted by Gasteiger charge is 2.07. The molecule has 0 aliphatic rings. The third-order valence-corrected chi connectivity index (χ3v) is 2.96. The maximum absolute atomic E-state index is 5.49. The number of hydrogen-bond donors (Lipinski definition) is 3. The number of guanidine groups is 1. The Kier molecular flexibility index (Phi) is 6.22. The molecule has 0 fully saturated rings. The number of benzene rings is 1. The van der Waals surface area contributed by atoms with Crippen molar-refractivity contribution in [3.63, 3.8) is 0 Å². The monoisotopic (exact) mass is 248 g/mol. The second-order valence-corrected chi connectivity index (χ2v) is 4.71. The summed E-state index contributed by atoms with van der Waals surface area (Å²) in [4.78, 5) is 4.55. The van der Waals surface area contributed by atoms with Gasteiger partial charge in [-0.3, -0.25) is 5.43 Å². The van der Waals surface area contributed by atoms with Crippen LogP contribution in [0, 0.1) is 5.92 Å². The molecule has 2 unspecified atom stereocenters. The van der Waals surface area contributed by atoms with Crippen LogP contribution in [0.15, 0.2) is 35.3 Å². The molecule has 0 spiro atoms. The van der Waals surface area contributed by atoms with Crippen molar-refractivity contribution in [1.29, 1.82) is 0 Å². The molecule has 0 aliphatic heterocycles. The Balaban J connectivity index is 2.59. The van der Waals surface area contributed by atoms with Crippen molar-refractivity contribution in [2.75, 3.05) is 5.32 Å². The number of para-hydroxylation sites is 1. The molecule has 1 aromatic carbocycles. The molecule has 0 aliphatic carbocycles. The van der Waals surface area contributed by atoms with Gasteiger partial charge in [0.15, 0.2) is 0 Å². The Bertz CT molecular complexity index is 361. The summed E-state index contributed by atoms with van der Waals surface area (Å²) in [5.41, 5.74) is 3.59. The standard InChI is InChI=1S/C14H24N4/c1-4-11(2)10-12(3)16-14(18-15)17-13-8-6-5-7-9-13/h5-9,11-12H,4,10,15H2,1-3H3,(H2,16,17,18). The number of nitrogens with zero attached hydrogens (tertiary/aromatic N) is 1. The maximum Gasteiger partial charge on any atom is 0.210 e. The number of rotatable bonds is 5. The third kappa shape index (κ3) is 5.19. The van der Waals surface area contributed by atoms with E-state index in [0.717, 1.165) is 12.1 Å². The number of hydrazine groups is 1. The van der Waals surface area contributed by atoms with Crippen LogP contribution in [-0.4, -0.2) is 12.0 Å². The zero-order valence-electron chi connectivity index (χ0n) is 11.5. The predicted octanol–water partition coefficient (Wildman–Crippen LogP) is 2.74. The normalized spacial score (nSPS) is 15.0. The minimum Gasteiger partial charge on any atom is -0.325 e. The van der Waals surface area contributed by atoms with Crippen molar-refractivity contribution >= 4 is 11.6 Å². The SMILES string of the molecule is CCC(C)CC(C)N=C(NN)Nc1ccccc1. The quantitative estimate of drug-likeness (QED) is 0.325. The fourth-order valence-corrected chi connectivity index (χ4v) is 1.79. The van der Waals surface area contributed by atoms with E-state index in [0.29, 0.717) is 11.9 Å². The largest absolute Gasteiger partial charge is 0.325 e. The number of aliphatic imine (C=N–C) groups is 1. The molecule has 4 heteroatoms. The summed E-state index contributed by atoms with van der Waals surface area (Å²) in [5.74, 6) is 6.78. The summed E-state index contributed by atoms with van der Waals surface area (Å²) >= 11 is 0. The Morgan fingerprint density at radius 3 is 2.50 bits per heavy atom. The molecule has 4 nitrogen and oxygen atoms in total. The van der Waals surface area contributed by atoms with Crippen LogP contribution in [0.2, 0.25) is 0 Å². The van der Waals surface area contributed by atoms with E-state index in [2.05, 4.69) is 36.5 Å². The van der Waals surface area contributed by atoms with Crippen LogP contribution < -0.4 is 16.6 Å². The van der Waals surface area contributed by atoms with Gasteiger partial charge >= 0.3 is 0 Å². The first kappa shape index (κ1) is 14.5. The Morgan fingerprint density at radius 1 is 1.28 bits per heavy atom. The first-order valence-corrected chi connectivity index (χ1v) is 6.52. The molecule has 4 N–H and O–H groups in total. The average Bonchev–Trinajstić information content (AvgIpc) is 2.38. The van der Waals surface area contributed by atoms with Gasteiger partial charge in [-0.25, -0.2) is 10.8 Å². The first-order valence-electron chi connectivity index (χ1n) is 6.52. The fraction of sp³-hybridized carbons (Fsp3) is 0.500. The van der Waals surface area contributed by atoms with Gasteiger partial charge in [0.2, 0.25) is 5.96 Å². The number of anilines is 1. The van der Waals surface area contributed by atoms with Gasteiger partial charge in [-0.1, -0.05) is 38.5 Å². The van der Waals surface area contributed by atoms with E-state index in [1.165, 1.54) is 6.42 Å². The van der Waals surface area contributed by atoms with E-state index >= 15 is 0 Å². The number of nitrogens with two attached hydrogens (primary N) is 1. The van der Waals surface area contributed by atoms with Crippen LogP contribution in [0.4, 0.5) is 5.69 Å². The van der Waals surface area contributed by atoms with Gasteiger partial charge < -0.3 is 5.32 Å². The fourth-order valence-electron chi connectivity index (χ4n) is 1.79. The van der Waals surface area contributed by atoms with E-state index in [-0.39, 0.29) is 6.04 Å². The van der Waals surface area contributed by atoms with E-state index in [9.17, 15) is 0 Å². The van der Waals surface area contributed by atoms with Gasteiger partial charge in [0, 0.05) is 5.69 Å². The van der Waals surface area contributed by atoms with Crippen molar-refractivity contribution in [3.8, 4) is 0 Å². The molecule has 1 rings (SSSR count). The number of nitrogens with one attached hydrogen (secondary N) is 2. The lowest BCUT2D eigenvalue weighted by Gasteiger charge is -2.15. The lowest BCUT2D eigenvalue weighted by Crippen LogP contribution is -2.37. The van der Waals surface area contributed by atoms with E-state index in [1.54, 1.807) is 0 Å².